The van der Waals surface area contributed by atoms with Gasteiger partial charge in [-0.15, -0.1) is 0 Å². The first-order valence-corrected chi connectivity index (χ1v) is 8.83. The maximum atomic E-state index is 12.2. The van der Waals surface area contributed by atoms with E-state index in [0.29, 0.717) is 21.4 Å². The van der Waals surface area contributed by atoms with Gasteiger partial charge in [0.25, 0.3) is 0 Å². The van der Waals surface area contributed by atoms with Crippen LogP contribution in [0.1, 0.15) is 23.6 Å². The Bertz CT molecular complexity index is 1050. The second-order valence-corrected chi connectivity index (χ2v) is 6.85. The summed E-state index contributed by atoms with van der Waals surface area (Å²) in [7, 11) is 1.54. The van der Waals surface area contributed by atoms with E-state index in [-0.39, 0.29) is 12.3 Å². The van der Waals surface area contributed by atoms with E-state index in [0.717, 1.165) is 21.4 Å². The van der Waals surface area contributed by atoms with Crippen molar-refractivity contribution in [2.24, 2.45) is 12.2 Å². The van der Waals surface area contributed by atoms with Gasteiger partial charge in [0.1, 0.15) is 6.61 Å². The molecule has 27 heavy (non-hydrogen) atoms. The first kappa shape index (κ1) is 19.1. The molecule has 3 rings (SSSR count). The molecule has 0 amide bonds. The van der Waals surface area contributed by atoms with Gasteiger partial charge in [-0.05, 0) is 54.1 Å². The second-order valence-electron chi connectivity index (χ2n) is 5.98. The Morgan fingerprint density at radius 2 is 1.89 bits per heavy atom. The molecule has 0 aliphatic rings. The number of aryl methyl sites for hydroxylation is 2. The van der Waals surface area contributed by atoms with Crippen LogP contribution in [-0.4, -0.2) is 25.5 Å². The van der Waals surface area contributed by atoms with Crippen LogP contribution in [0, 0.1) is 6.92 Å². The van der Waals surface area contributed by atoms with Crippen LogP contribution in [0.15, 0.2) is 46.3 Å². The zero-order chi connectivity index (χ0) is 19.6. The average Bonchev–Trinajstić information content (AvgIpc) is 2.94. The number of benzene rings is 2. The van der Waals surface area contributed by atoms with Crippen molar-refractivity contribution in [3.63, 3.8) is 0 Å². The molecule has 0 bridgehead atoms. The molecule has 0 unspecified atom stereocenters. The number of halogens is 2. The zero-order valence-electron chi connectivity index (χ0n) is 15.0. The Morgan fingerprint density at radius 3 is 2.52 bits per heavy atom. The Kier molecular flexibility index (Phi) is 5.62. The Balaban J connectivity index is 1.86. The molecular weight excluding hydrogens is 389 g/mol. The van der Waals surface area contributed by atoms with E-state index in [1.807, 2.05) is 19.1 Å². The number of rotatable bonds is 5. The smallest absolute Gasteiger partial charge is 0.368 e. The highest BCUT2D eigenvalue weighted by atomic mass is 35.5. The van der Waals surface area contributed by atoms with E-state index >= 15 is 0 Å². The topological polar surface area (TPSA) is 74.3 Å². The van der Waals surface area contributed by atoms with Crippen LogP contribution in [0.5, 0.6) is 0 Å². The maximum Gasteiger partial charge on any atom is 0.368 e. The molecule has 1 heterocycles. The summed E-state index contributed by atoms with van der Waals surface area (Å²) >= 11 is 12.0. The van der Waals surface area contributed by atoms with Crippen LogP contribution in [0.2, 0.25) is 10.0 Å². The van der Waals surface area contributed by atoms with Gasteiger partial charge in [-0.1, -0.05) is 40.5 Å². The van der Waals surface area contributed by atoms with Crippen molar-refractivity contribution in [1.82, 2.24) is 19.8 Å². The molecule has 1 aromatic heterocycles. The molecular formula is C18H17Cl2N5O2. The van der Waals surface area contributed by atoms with E-state index in [2.05, 4.69) is 15.6 Å². The quantitative estimate of drug-likeness (QED) is 0.480. The number of aromatic nitrogens is 4. The molecule has 0 spiro atoms. The Hall–Kier alpha value is -2.64. The summed E-state index contributed by atoms with van der Waals surface area (Å²) in [4.78, 5) is 17.7. The lowest BCUT2D eigenvalue weighted by molar-refractivity contribution is 0.130. The van der Waals surface area contributed by atoms with Gasteiger partial charge in [0.05, 0.1) is 11.4 Å². The monoisotopic (exact) mass is 405 g/mol. The second kappa shape index (κ2) is 7.94. The fourth-order valence-electron chi connectivity index (χ4n) is 2.55. The zero-order valence-corrected chi connectivity index (χ0v) is 16.5. The minimum absolute atomic E-state index is 0.163. The van der Waals surface area contributed by atoms with Gasteiger partial charge in [0.15, 0.2) is 0 Å². The van der Waals surface area contributed by atoms with Crippen LogP contribution in [0.3, 0.4) is 0 Å². The fourth-order valence-corrected chi connectivity index (χ4v) is 3.07. The molecule has 0 fully saturated rings. The van der Waals surface area contributed by atoms with Crippen molar-refractivity contribution in [2.45, 2.75) is 20.5 Å². The van der Waals surface area contributed by atoms with Gasteiger partial charge in [-0.25, -0.2) is 4.79 Å². The molecule has 7 nitrogen and oxygen atoms in total. The molecule has 0 aliphatic heterocycles. The van der Waals surface area contributed by atoms with E-state index in [1.165, 1.54) is 4.68 Å². The molecule has 0 atom stereocenters. The minimum Gasteiger partial charge on any atom is -0.391 e. The molecule has 140 valence electrons. The summed E-state index contributed by atoms with van der Waals surface area (Å²) in [6.07, 6.45) is 0. The van der Waals surface area contributed by atoms with Crippen LogP contribution >= 0.6 is 23.2 Å². The molecule has 0 saturated carbocycles. The van der Waals surface area contributed by atoms with Crippen LogP contribution < -0.4 is 5.69 Å². The first-order valence-electron chi connectivity index (χ1n) is 8.07. The number of nitrogens with zero attached hydrogens (tertiary/aromatic N) is 5. The van der Waals surface area contributed by atoms with Crippen molar-refractivity contribution in [3.8, 4) is 5.69 Å². The highest BCUT2D eigenvalue weighted by Gasteiger charge is 2.13. The third-order valence-corrected chi connectivity index (χ3v) is 4.46. The molecule has 9 heteroatoms. The summed E-state index contributed by atoms with van der Waals surface area (Å²) < 4.78 is 2.40. The Morgan fingerprint density at radius 1 is 1.19 bits per heavy atom. The fraction of sp³-hybridized carbons (Fsp3) is 0.222. The van der Waals surface area contributed by atoms with Gasteiger partial charge in [0, 0.05) is 28.2 Å². The summed E-state index contributed by atoms with van der Waals surface area (Å²) in [6.45, 7) is 3.89. The minimum atomic E-state index is -0.338. The van der Waals surface area contributed by atoms with Crippen LogP contribution in [-0.2, 0) is 18.5 Å². The lowest BCUT2D eigenvalue weighted by Crippen LogP contribution is -2.23. The first-order chi connectivity index (χ1) is 12.9. The summed E-state index contributed by atoms with van der Waals surface area (Å²) in [5.74, 6) is 0. The number of oxime groups is 1. The van der Waals surface area contributed by atoms with Crippen molar-refractivity contribution >= 4 is 28.9 Å². The normalized spacial score (nSPS) is 11.7. The molecule has 0 radical (unpaired) electrons. The van der Waals surface area contributed by atoms with E-state index in [9.17, 15) is 4.79 Å². The average molecular weight is 406 g/mol. The summed E-state index contributed by atoms with van der Waals surface area (Å²) in [5, 5.41) is 12.8. The SMILES string of the molecule is CC(=NOCc1c(C)cccc1-n1nnn(C)c1=O)c1cc(Cl)cc(Cl)c1. The van der Waals surface area contributed by atoms with Crippen molar-refractivity contribution in [2.75, 3.05) is 0 Å². The number of hydrogen-bond donors (Lipinski definition) is 0. The lowest BCUT2D eigenvalue weighted by atomic mass is 10.1. The van der Waals surface area contributed by atoms with E-state index < -0.39 is 0 Å². The molecule has 3 aromatic rings. The van der Waals surface area contributed by atoms with Crippen molar-refractivity contribution in [3.05, 3.63) is 73.6 Å². The van der Waals surface area contributed by atoms with E-state index in [1.54, 1.807) is 38.2 Å². The standard InChI is InChI=1S/C18H17Cl2N5O2/c1-11-5-4-6-17(25-18(26)24(3)22-23-25)16(11)10-27-21-12(2)13-7-14(19)9-15(20)8-13/h4-9H,10H2,1-3H3. The largest absolute Gasteiger partial charge is 0.391 e. The third kappa shape index (κ3) is 4.20. The molecule has 0 saturated heterocycles. The van der Waals surface area contributed by atoms with Gasteiger partial charge in [0.2, 0.25) is 0 Å². The van der Waals surface area contributed by atoms with Gasteiger partial charge in [-0.2, -0.15) is 9.36 Å². The van der Waals surface area contributed by atoms with Crippen molar-refractivity contribution < 1.29 is 4.84 Å². The summed E-state index contributed by atoms with van der Waals surface area (Å²) in [6, 6.07) is 10.7. The Labute approximate surface area is 165 Å². The molecule has 0 aliphatic carbocycles. The van der Waals surface area contributed by atoms with Crippen LogP contribution in [0.25, 0.3) is 5.69 Å². The predicted molar refractivity (Wildman–Crippen MR) is 105 cm³/mol. The molecule has 0 N–H and O–H groups in total. The van der Waals surface area contributed by atoms with Gasteiger partial charge >= 0.3 is 5.69 Å². The van der Waals surface area contributed by atoms with Crippen molar-refractivity contribution in [1.29, 1.82) is 0 Å². The third-order valence-electron chi connectivity index (χ3n) is 4.03. The number of hydrogen-bond acceptors (Lipinski definition) is 5. The van der Waals surface area contributed by atoms with E-state index in [4.69, 9.17) is 28.0 Å². The number of tetrazole rings is 1. The van der Waals surface area contributed by atoms with Crippen LogP contribution in [0.4, 0.5) is 0 Å². The maximum absolute atomic E-state index is 12.2. The predicted octanol–water partition coefficient (Wildman–Crippen LogP) is 3.52. The molecule has 2 aromatic carbocycles. The van der Waals surface area contributed by atoms with Gasteiger partial charge in [-0.3, -0.25) is 0 Å². The summed E-state index contributed by atoms with van der Waals surface area (Å²) in [5.41, 5.74) is 3.40. The van der Waals surface area contributed by atoms with Gasteiger partial charge < -0.3 is 4.84 Å². The highest BCUT2D eigenvalue weighted by Crippen LogP contribution is 2.21. The highest BCUT2D eigenvalue weighted by molar-refractivity contribution is 6.35. The lowest BCUT2D eigenvalue weighted by Gasteiger charge is -2.11.